The summed E-state index contributed by atoms with van der Waals surface area (Å²) < 4.78 is 59.7. The van der Waals surface area contributed by atoms with Gasteiger partial charge in [-0.05, 0) is 87.4 Å². The minimum atomic E-state index is -1.95. The Bertz CT molecular complexity index is 2380. The fraction of sp³-hybridized carbons (Fsp3) is 0.967. The van der Waals surface area contributed by atoms with Gasteiger partial charge in [0, 0.05) is 22.7 Å². The maximum atomic E-state index is 12.9. The molecule has 0 aromatic carbocycles. The van der Waals surface area contributed by atoms with Gasteiger partial charge in [0.05, 0.1) is 75.3 Å². The highest BCUT2D eigenvalue weighted by atomic mass is 16.8. The van der Waals surface area contributed by atoms with E-state index < -0.39 is 244 Å². The molecule has 0 radical (unpaired) electrons. The van der Waals surface area contributed by atoms with Gasteiger partial charge in [0.25, 0.3) is 0 Å². The number of hydrogen-bond acceptors (Lipinski definition) is 29. The van der Waals surface area contributed by atoms with Crippen LogP contribution in [-0.4, -0.2) is 308 Å². The summed E-state index contributed by atoms with van der Waals surface area (Å²) in [5.41, 5.74) is -3.62. The molecular formula is C61H104O29. The van der Waals surface area contributed by atoms with Crippen LogP contribution in [0.3, 0.4) is 0 Å². The number of fused-ring (bicyclic) bond motifs is 5. The van der Waals surface area contributed by atoms with Crippen molar-refractivity contribution in [3.63, 3.8) is 0 Å². The van der Waals surface area contributed by atoms with Gasteiger partial charge in [-0.1, -0.05) is 60.1 Å². The molecule has 0 aromatic heterocycles. The molecule has 5 aliphatic heterocycles. The van der Waals surface area contributed by atoms with E-state index in [4.69, 9.17) is 47.4 Å². The molecule has 8 fully saturated rings. The lowest BCUT2D eigenvalue weighted by Gasteiger charge is -2.68. The Hall–Kier alpha value is -1.42. The van der Waals surface area contributed by atoms with E-state index in [-0.39, 0.29) is 24.2 Å². The van der Waals surface area contributed by atoms with Crippen molar-refractivity contribution in [2.75, 3.05) is 33.0 Å². The van der Waals surface area contributed by atoms with E-state index in [1.165, 1.54) is 13.8 Å². The topological polar surface area (TPSA) is 477 Å². The normalized spacial score (nSPS) is 52.2. The Balaban J connectivity index is 0.895. The maximum absolute atomic E-state index is 12.9. The van der Waals surface area contributed by atoms with Crippen LogP contribution in [0.2, 0.25) is 0 Å². The molecule has 0 spiro atoms. The van der Waals surface area contributed by atoms with Crippen LogP contribution in [0, 0.1) is 51.2 Å². The Morgan fingerprint density at radius 3 is 1.54 bits per heavy atom. The number of aliphatic hydroxyl groups excluding tert-OH is 18. The Labute approximate surface area is 523 Å². The highest BCUT2D eigenvalue weighted by molar-refractivity contribution is 5.34. The van der Waals surface area contributed by atoms with Crippen molar-refractivity contribution < 1.29 is 144 Å². The first kappa shape index (κ1) is 72.8. The standard InChI is InChI=1S/C61H104O29/c1-23(10-12-36(58(5,6)80)89-56-50(90-55-49(79)43(73)39(69)31(20-64)85-55)45(75)41(71)33(87-56)22-81-52-46(76)37(67)24(2)29(18-62)83-52)25-14-15-59(7)51-28(65)16-27-26(61(51,9)34(66)17-60(25,59)8)11-13-35(57(27,3)4)88-54-48(78)44(74)40(70)32(86-54)21-82-53-47(77)42(72)38(68)30(19-63)84-53/h16,23-26,28-56,62-80H,10-15,17-22H2,1-9H3. The molecule has 90 heavy (non-hydrogen) atoms. The summed E-state index contributed by atoms with van der Waals surface area (Å²) in [6.45, 7) is 13.8. The molecule has 9 rings (SSSR count). The monoisotopic (exact) mass is 1300 g/mol. The Morgan fingerprint density at radius 1 is 0.533 bits per heavy atom. The zero-order valence-electron chi connectivity index (χ0n) is 52.7. The smallest absolute Gasteiger partial charge is 0.187 e. The molecule has 0 bridgehead atoms. The minimum absolute atomic E-state index is 0.0412. The summed E-state index contributed by atoms with van der Waals surface area (Å²) in [7, 11) is 0. The molecule has 4 aliphatic carbocycles. The second kappa shape index (κ2) is 27.8. The van der Waals surface area contributed by atoms with Crippen LogP contribution in [0.4, 0.5) is 0 Å². The third-order valence-corrected chi connectivity index (χ3v) is 23.2. The Kier molecular flexibility index (Phi) is 22.5. The quantitative estimate of drug-likeness (QED) is 0.0507. The van der Waals surface area contributed by atoms with E-state index in [9.17, 15) is 97.0 Å². The van der Waals surface area contributed by atoms with E-state index in [0.717, 1.165) is 12.0 Å². The van der Waals surface area contributed by atoms with E-state index in [1.54, 1.807) is 6.92 Å². The van der Waals surface area contributed by atoms with Crippen molar-refractivity contribution in [1.82, 2.24) is 0 Å². The van der Waals surface area contributed by atoms with Gasteiger partial charge in [-0.3, -0.25) is 0 Å². The van der Waals surface area contributed by atoms with Crippen LogP contribution >= 0.6 is 0 Å². The highest BCUT2D eigenvalue weighted by Gasteiger charge is 2.72. The summed E-state index contributed by atoms with van der Waals surface area (Å²) in [6.07, 6.45) is -37.7. The highest BCUT2D eigenvalue weighted by Crippen LogP contribution is 2.75. The molecule has 0 amide bonds. The zero-order chi connectivity index (χ0) is 66.4. The van der Waals surface area contributed by atoms with Gasteiger partial charge in [-0.25, -0.2) is 0 Å². The van der Waals surface area contributed by atoms with E-state index >= 15 is 0 Å². The molecular weight excluding hydrogens is 1200 g/mol. The fourth-order valence-electron chi connectivity index (χ4n) is 17.3. The van der Waals surface area contributed by atoms with Gasteiger partial charge >= 0.3 is 0 Å². The van der Waals surface area contributed by atoms with Crippen molar-refractivity contribution >= 4 is 0 Å². The van der Waals surface area contributed by atoms with Gasteiger partial charge in [-0.15, -0.1) is 0 Å². The molecule has 3 saturated carbocycles. The molecule has 36 atom stereocenters. The van der Waals surface area contributed by atoms with Crippen LogP contribution in [-0.2, 0) is 47.4 Å². The van der Waals surface area contributed by atoms with Crippen LogP contribution in [0.25, 0.3) is 0 Å². The largest absolute Gasteiger partial charge is 0.394 e. The van der Waals surface area contributed by atoms with Crippen LogP contribution in [0.15, 0.2) is 11.6 Å². The molecule has 29 nitrogen and oxygen atoms in total. The summed E-state index contributed by atoms with van der Waals surface area (Å²) in [4.78, 5) is 0. The lowest BCUT2D eigenvalue weighted by molar-refractivity contribution is -0.380. The lowest BCUT2D eigenvalue weighted by Crippen LogP contribution is -2.68. The second-order valence-corrected chi connectivity index (χ2v) is 29.2. The SMILES string of the molecule is CC(CCC(OC1OC(COC2OC(CO)C(C)C(O)C2O)C(O)C(O)C1OC1OC(CO)C(O)C(O)C1O)C(C)(C)O)C1CCC2(C)C3C(O)C=C4C(CCC(OC5OC(COC6OC(CO)C(O)C(O)C6O)C(O)C(O)C5O)C4(C)C)C3(C)C(O)CC12C. The Morgan fingerprint density at radius 2 is 1.00 bits per heavy atom. The minimum Gasteiger partial charge on any atom is -0.394 e. The molecule has 29 heteroatoms. The summed E-state index contributed by atoms with van der Waals surface area (Å²) in [5.74, 6) is -1.51. The maximum Gasteiger partial charge on any atom is 0.187 e. The fourth-order valence-corrected chi connectivity index (χ4v) is 17.3. The molecule has 522 valence electrons. The predicted octanol–water partition coefficient (Wildman–Crippen LogP) is -5.16. The average molecular weight is 1300 g/mol. The van der Waals surface area contributed by atoms with Crippen molar-refractivity contribution in [3.05, 3.63) is 11.6 Å². The van der Waals surface area contributed by atoms with Crippen LogP contribution in [0.1, 0.15) is 107 Å². The average Bonchev–Trinajstić information content (AvgIpc) is 1.28. The first-order valence-electron chi connectivity index (χ1n) is 32.0. The van der Waals surface area contributed by atoms with Gasteiger partial charge < -0.3 is 144 Å². The zero-order valence-corrected chi connectivity index (χ0v) is 52.7. The first-order chi connectivity index (χ1) is 42.0. The first-order valence-corrected chi connectivity index (χ1v) is 32.0. The number of ether oxygens (including phenoxy) is 10. The van der Waals surface area contributed by atoms with Crippen molar-refractivity contribution in [2.45, 2.75) is 285 Å². The second-order valence-electron chi connectivity index (χ2n) is 29.2. The third-order valence-electron chi connectivity index (χ3n) is 23.2. The molecule has 19 N–H and O–H groups in total. The van der Waals surface area contributed by atoms with Gasteiger partial charge in [-0.2, -0.15) is 0 Å². The predicted molar refractivity (Wildman–Crippen MR) is 305 cm³/mol. The van der Waals surface area contributed by atoms with Gasteiger partial charge in [0.2, 0.25) is 0 Å². The van der Waals surface area contributed by atoms with E-state index in [1.807, 2.05) is 19.9 Å². The number of aliphatic hydroxyl groups is 19. The van der Waals surface area contributed by atoms with Crippen molar-refractivity contribution in [1.29, 1.82) is 0 Å². The van der Waals surface area contributed by atoms with E-state index in [2.05, 4.69) is 27.7 Å². The summed E-state index contributed by atoms with van der Waals surface area (Å²) in [5, 5.41) is 208. The number of rotatable bonds is 20. The molecule has 0 aromatic rings. The summed E-state index contributed by atoms with van der Waals surface area (Å²) >= 11 is 0. The third kappa shape index (κ3) is 13.0. The van der Waals surface area contributed by atoms with Crippen LogP contribution in [0.5, 0.6) is 0 Å². The van der Waals surface area contributed by atoms with Crippen molar-refractivity contribution in [3.8, 4) is 0 Å². The summed E-state index contributed by atoms with van der Waals surface area (Å²) in [6, 6.07) is 0. The molecule has 9 aliphatic rings. The van der Waals surface area contributed by atoms with Crippen LogP contribution < -0.4 is 0 Å². The van der Waals surface area contributed by atoms with Gasteiger partial charge in [0.1, 0.15) is 104 Å². The molecule has 5 saturated heterocycles. The molecule has 36 unspecified atom stereocenters. The van der Waals surface area contributed by atoms with Crippen molar-refractivity contribution in [2.24, 2.45) is 51.2 Å². The van der Waals surface area contributed by atoms with Gasteiger partial charge in [0.15, 0.2) is 31.5 Å². The number of hydrogen-bond donors (Lipinski definition) is 19. The molecule has 5 heterocycles. The van der Waals surface area contributed by atoms with E-state index in [0.29, 0.717) is 32.1 Å². The lowest BCUT2D eigenvalue weighted by atomic mass is 9.37.